The van der Waals surface area contributed by atoms with Crippen molar-refractivity contribution in [1.29, 1.82) is 0 Å². The number of methoxy groups -OCH3 is 2. The first-order chi connectivity index (χ1) is 52.2. The molecule has 2 atom stereocenters. The predicted molar refractivity (Wildman–Crippen MR) is 421 cm³/mol. The number of rotatable bonds is 27. The van der Waals surface area contributed by atoms with E-state index in [0.717, 1.165) is 112 Å². The maximum absolute atomic E-state index is 13.7. The molecule has 2 aromatic heterocycles. The Kier molecular flexibility index (Phi) is 27.4. The number of allylic oxidation sites excluding steroid dienone is 4. The van der Waals surface area contributed by atoms with E-state index in [2.05, 4.69) is 56.6 Å². The monoisotopic (exact) mass is 1480 g/mol. The number of anilines is 2. The molecule has 0 bridgehead atoms. The summed E-state index contributed by atoms with van der Waals surface area (Å²) in [4.78, 5) is 98.0. The molecule has 8 aromatic rings. The van der Waals surface area contributed by atoms with Crippen LogP contribution in [0.2, 0.25) is 0 Å². The van der Waals surface area contributed by atoms with Crippen LogP contribution in [0, 0.1) is 35.5 Å². The third kappa shape index (κ3) is 22.5. The number of benzene rings is 6. The summed E-state index contributed by atoms with van der Waals surface area (Å²) in [5.41, 5.74) is 11.2. The van der Waals surface area contributed by atoms with Gasteiger partial charge < -0.3 is 35.0 Å². The van der Waals surface area contributed by atoms with Crippen LogP contribution in [-0.2, 0) is 55.1 Å². The number of hydrogen-bond acceptors (Lipinski definition) is 14. The van der Waals surface area contributed by atoms with Gasteiger partial charge in [-0.15, -0.1) is 0 Å². The van der Waals surface area contributed by atoms with Crippen LogP contribution < -0.4 is 24.8 Å². The Labute approximate surface area is 634 Å². The summed E-state index contributed by atoms with van der Waals surface area (Å²) in [6, 6.07) is 42.2. The Morgan fingerprint density at radius 1 is 0.444 bits per heavy atom. The van der Waals surface area contributed by atoms with Gasteiger partial charge in [0.2, 0.25) is 21.8 Å². The maximum atomic E-state index is 13.7. The van der Waals surface area contributed by atoms with Crippen LogP contribution in [0.25, 0.3) is 33.9 Å². The molecule has 0 aliphatic heterocycles. The number of nitrogens with zero attached hydrogens (tertiary/aromatic N) is 6. The minimum absolute atomic E-state index is 0.0334. The number of nitrogens with one attached hydrogen (secondary N) is 3. The molecule has 4 N–H and O–H groups in total. The molecule has 5 amide bonds. The average molecular weight is 1480 g/mol. The number of carbonyl (C=O) groups is 6. The van der Waals surface area contributed by atoms with Crippen molar-refractivity contribution in [1.82, 2.24) is 34.5 Å². The normalized spacial score (nSPS) is 18.5. The van der Waals surface area contributed by atoms with E-state index in [-0.39, 0.29) is 43.3 Å². The third-order valence-electron chi connectivity index (χ3n) is 21.8. The van der Waals surface area contributed by atoms with E-state index in [1.807, 2.05) is 102 Å². The van der Waals surface area contributed by atoms with E-state index in [9.17, 15) is 42.3 Å². The van der Waals surface area contributed by atoms with E-state index < -0.39 is 46.8 Å². The quantitative estimate of drug-likeness (QED) is 0.0373. The molecule has 2 heterocycles. The number of carbonyl (C=O) groups excluding carboxylic acids is 5. The van der Waals surface area contributed by atoms with Crippen molar-refractivity contribution in [2.75, 3.05) is 44.2 Å². The highest BCUT2D eigenvalue weighted by atomic mass is 32.2. The first-order valence-electron chi connectivity index (χ1n) is 37.8. The van der Waals surface area contributed by atoms with E-state index >= 15 is 0 Å². The lowest BCUT2D eigenvalue weighted by molar-refractivity contribution is -0.138. The van der Waals surface area contributed by atoms with Gasteiger partial charge >= 0.3 is 5.97 Å². The molecule has 0 radical (unpaired) electrons. The first kappa shape index (κ1) is 78.4. The highest BCUT2D eigenvalue weighted by Crippen LogP contribution is 2.44. The standard InChI is InChI=1S/C44H51N5O6S.C43H48N4O5/c1-4-30-5-11-33(12-6-30)34-15-17-35(18-16-34)38-26-45-43(46-27-38)36-13-7-32(8-14-36)28-49(29-42(51)48-56(3,53)54)44(52)37-19-21-39(22-20-37)47-41(50)25-31-9-23-40(55-2)24-10-31;1-3-29-4-10-32(11-5-29)33-14-16-34(17-15-33)37-25-44-42(45-26-37)35-12-6-31(7-13-35)27-47(28-41(49)50)43(51)36-18-20-38(21-19-36)46-40(48)24-30-8-22-39(52-2)23-9-30/h7-10,13-14,17,19-24,26-27,30,33-34H,4-6,11-12,15-16,18,25,28-29H2,1-3H3,(H,47,50)(H,48,51);6-9,12-13,16,18-23,25-26,29,32-33H,3-5,10-11,14-15,17,24,27-28H2,1-2H3,(H,46,48)(H,49,50). The number of carboxylic acids is 1. The van der Waals surface area contributed by atoms with Crippen molar-refractivity contribution < 1.29 is 51.8 Å². The molecule has 2 unspecified atom stereocenters. The summed E-state index contributed by atoms with van der Waals surface area (Å²) in [5, 5.41) is 15.2. The Morgan fingerprint density at radius 2 is 0.806 bits per heavy atom. The summed E-state index contributed by atoms with van der Waals surface area (Å²) < 4.78 is 35.8. The number of hydrogen-bond donors (Lipinski definition) is 4. The van der Waals surface area contributed by atoms with E-state index in [1.165, 1.54) is 98.0 Å². The van der Waals surface area contributed by atoms with Gasteiger partial charge in [0, 0.05) is 82.6 Å². The lowest BCUT2D eigenvalue weighted by Gasteiger charge is -2.35. The van der Waals surface area contributed by atoms with Crippen molar-refractivity contribution >= 4 is 68.0 Å². The Morgan fingerprint density at radius 3 is 1.13 bits per heavy atom. The fourth-order valence-corrected chi connectivity index (χ4v) is 15.9. The lowest BCUT2D eigenvalue weighted by Crippen LogP contribution is -2.42. The molecular formula is C87H99N9O11S. The summed E-state index contributed by atoms with van der Waals surface area (Å²) >= 11 is 0. The molecule has 6 aromatic carbocycles. The number of amides is 5. The number of ether oxygens (including phenoxy) is 2. The van der Waals surface area contributed by atoms with E-state index in [1.54, 1.807) is 87.0 Å². The second-order valence-corrected chi connectivity index (χ2v) is 31.0. The van der Waals surface area contributed by atoms with Crippen LogP contribution >= 0.6 is 0 Å². The van der Waals surface area contributed by atoms with Crippen molar-refractivity contribution in [3.05, 3.63) is 227 Å². The molecule has 564 valence electrons. The number of sulfonamides is 1. The van der Waals surface area contributed by atoms with Gasteiger partial charge in [0.25, 0.3) is 17.7 Å². The summed E-state index contributed by atoms with van der Waals surface area (Å²) in [7, 11) is -0.670. The van der Waals surface area contributed by atoms with Gasteiger partial charge in [-0.2, -0.15) is 0 Å². The topological polar surface area (TPSA) is 269 Å². The summed E-state index contributed by atoms with van der Waals surface area (Å²) in [6.07, 6.45) is 34.3. The molecule has 12 rings (SSSR count). The highest BCUT2D eigenvalue weighted by molar-refractivity contribution is 7.89. The van der Waals surface area contributed by atoms with Gasteiger partial charge in [-0.3, -0.25) is 33.5 Å². The van der Waals surface area contributed by atoms with Crippen molar-refractivity contribution in [2.45, 2.75) is 143 Å². The Hall–Kier alpha value is -10.7. The minimum Gasteiger partial charge on any atom is -0.497 e. The SMILES string of the molecule is CCC1CCC(C2CC=C(c3cnc(-c4ccc(CN(CC(=O)NS(C)(=O)=O)C(=O)c5ccc(NC(=O)Cc6ccc(OC)cc6)cc5)cc4)nc3)CC2)CC1.CCC1CCC(C2CC=C(c3cnc(-c4ccc(CN(CC(=O)O)C(=O)c5ccc(NC(=O)Cc6ccc(OC)cc6)cc5)cc4)nc3)CC2)CC1. The number of aliphatic carboxylic acids is 1. The lowest BCUT2D eigenvalue weighted by atomic mass is 9.71. The predicted octanol–water partition coefficient (Wildman–Crippen LogP) is 15.9. The second-order valence-electron chi connectivity index (χ2n) is 29.2. The first-order valence-corrected chi connectivity index (χ1v) is 39.7. The molecule has 4 aliphatic carbocycles. The zero-order valence-corrected chi connectivity index (χ0v) is 63.3. The van der Waals surface area contributed by atoms with Gasteiger partial charge in [0.15, 0.2) is 11.6 Å². The fourth-order valence-electron chi connectivity index (χ4n) is 15.5. The van der Waals surface area contributed by atoms with Crippen molar-refractivity contribution in [3.8, 4) is 34.3 Å². The largest absolute Gasteiger partial charge is 0.497 e. The number of aromatic nitrogens is 4. The van der Waals surface area contributed by atoms with Gasteiger partial charge in [0.1, 0.15) is 24.6 Å². The van der Waals surface area contributed by atoms with Crippen molar-refractivity contribution in [3.63, 3.8) is 0 Å². The van der Waals surface area contributed by atoms with Crippen LogP contribution in [0.1, 0.15) is 171 Å². The Bertz CT molecular complexity index is 4540. The molecular weight excluding hydrogens is 1380 g/mol. The summed E-state index contributed by atoms with van der Waals surface area (Å²) in [6.45, 7) is 3.84. The Balaban J connectivity index is 0.000000215. The molecule has 0 spiro atoms. The number of carboxylic acid groups (broad SMARTS) is 1. The van der Waals surface area contributed by atoms with Gasteiger partial charge in [0.05, 0.1) is 33.3 Å². The van der Waals surface area contributed by atoms with Gasteiger partial charge in [-0.25, -0.2) is 28.4 Å². The van der Waals surface area contributed by atoms with Crippen LogP contribution in [0.5, 0.6) is 11.5 Å². The van der Waals surface area contributed by atoms with E-state index in [4.69, 9.17) is 9.47 Å². The third-order valence-corrected chi connectivity index (χ3v) is 22.4. The van der Waals surface area contributed by atoms with Gasteiger partial charge in [-0.05, 0) is 206 Å². The molecule has 0 saturated heterocycles. The summed E-state index contributed by atoms with van der Waals surface area (Å²) in [5.74, 6) is 4.51. The molecule has 2 fully saturated rings. The fraction of sp³-hybridized carbons (Fsp3) is 0.379. The zero-order chi connectivity index (χ0) is 76.1. The molecule has 21 heteroatoms. The second kappa shape index (κ2) is 37.7. The van der Waals surface area contributed by atoms with Crippen LogP contribution in [0.15, 0.2) is 183 Å². The van der Waals surface area contributed by atoms with Crippen LogP contribution in [0.4, 0.5) is 11.4 Å². The van der Waals surface area contributed by atoms with Crippen LogP contribution in [0.3, 0.4) is 0 Å². The van der Waals surface area contributed by atoms with Crippen molar-refractivity contribution in [2.24, 2.45) is 35.5 Å². The van der Waals surface area contributed by atoms with Gasteiger partial charge in [-0.1, -0.05) is 137 Å². The molecule has 2 saturated carbocycles. The van der Waals surface area contributed by atoms with Crippen LogP contribution in [-0.4, -0.2) is 112 Å². The maximum Gasteiger partial charge on any atom is 0.323 e. The molecule has 20 nitrogen and oxygen atoms in total. The zero-order valence-electron chi connectivity index (χ0n) is 62.5. The molecule has 108 heavy (non-hydrogen) atoms. The minimum atomic E-state index is -3.83. The molecule has 4 aliphatic rings. The smallest absolute Gasteiger partial charge is 0.323 e. The average Bonchev–Trinajstić information content (AvgIpc) is 0.828. The highest BCUT2D eigenvalue weighted by Gasteiger charge is 2.31. The van der Waals surface area contributed by atoms with E-state index in [0.29, 0.717) is 40.1 Å².